The molecule has 3 aromatic rings. The van der Waals surface area contributed by atoms with Gasteiger partial charge in [0, 0.05) is 25.4 Å². The van der Waals surface area contributed by atoms with Crippen molar-refractivity contribution in [3.05, 3.63) is 76.6 Å². The summed E-state index contributed by atoms with van der Waals surface area (Å²) in [7, 11) is 4.93. The number of amides is 1. The van der Waals surface area contributed by atoms with Crippen molar-refractivity contribution >= 4 is 17.6 Å². The van der Waals surface area contributed by atoms with Crippen LogP contribution in [0.4, 0.5) is 0 Å². The topological polar surface area (TPSA) is 96.5 Å². The maximum Gasteiger partial charge on any atom is 0.220 e. The molecule has 1 aliphatic carbocycles. The molecule has 0 saturated heterocycles. The number of aromatic nitrogens is 1. The van der Waals surface area contributed by atoms with Crippen LogP contribution in [0.3, 0.4) is 0 Å². The number of carbonyl (C=O) groups is 1. The summed E-state index contributed by atoms with van der Waals surface area (Å²) >= 11 is 0. The van der Waals surface area contributed by atoms with E-state index < -0.39 is 0 Å². The zero-order valence-corrected chi connectivity index (χ0v) is 20.3. The molecule has 7 heteroatoms. The van der Waals surface area contributed by atoms with Gasteiger partial charge in [0.25, 0.3) is 0 Å². The highest BCUT2D eigenvalue weighted by molar-refractivity contribution is 5.90. The predicted molar refractivity (Wildman–Crippen MR) is 134 cm³/mol. The first-order valence-electron chi connectivity index (χ1n) is 11.4. The second-order valence-corrected chi connectivity index (χ2v) is 8.77. The number of aryl methyl sites for hydroxylation is 1. The lowest BCUT2D eigenvalue weighted by atomic mass is 9.88. The standard InChI is InChI=1S/C28H29N3O4/c1-17-22(11-19-12-25(34-3)28(33)26(13-19)35-4)21-8-7-18(15-29)10-24(21)23(17)14-27(32)30-16-20-6-5-9-31(20)2/h5-13,17,23,33H,14,16H2,1-4H3,(H,30,32)/b22-11-. The van der Waals surface area contributed by atoms with Crippen molar-refractivity contribution in [1.82, 2.24) is 9.88 Å². The van der Waals surface area contributed by atoms with Crippen LogP contribution in [0.5, 0.6) is 17.2 Å². The van der Waals surface area contributed by atoms with Crippen LogP contribution < -0.4 is 14.8 Å². The van der Waals surface area contributed by atoms with E-state index in [1.807, 2.05) is 48.2 Å². The minimum atomic E-state index is -0.0705. The Kier molecular flexibility index (Phi) is 6.83. The Morgan fingerprint density at radius 1 is 1.20 bits per heavy atom. The summed E-state index contributed by atoms with van der Waals surface area (Å²) in [5, 5.41) is 22.8. The molecule has 0 radical (unpaired) electrons. The molecule has 1 aliphatic rings. The molecular formula is C28H29N3O4. The number of fused-ring (bicyclic) bond motifs is 1. The Morgan fingerprint density at radius 2 is 1.91 bits per heavy atom. The highest BCUT2D eigenvalue weighted by atomic mass is 16.5. The number of rotatable bonds is 7. The average molecular weight is 472 g/mol. The Morgan fingerprint density at radius 3 is 2.51 bits per heavy atom. The largest absolute Gasteiger partial charge is 0.502 e. The van der Waals surface area contributed by atoms with E-state index in [1.165, 1.54) is 14.2 Å². The maximum atomic E-state index is 12.9. The fourth-order valence-electron chi connectivity index (χ4n) is 4.75. The van der Waals surface area contributed by atoms with Gasteiger partial charge in [-0.2, -0.15) is 5.26 Å². The van der Waals surface area contributed by atoms with E-state index in [1.54, 1.807) is 18.2 Å². The fourth-order valence-corrected chi connectivity index (χ4v) is 4.75. The molecule has 180 valence electrons. The number of nitrogens with zero attached hydrogens (tertiary/aromatic N) is 2. The second kappa shape index (κ2) is 9.98. The Labute approximate surface area is 205 Å². The van der Waals surface area contributed by atoms with Crippen LogP contribution in [-0.4, -0.2) is 29.8 Å². The van der Waals surface area contributed by atoms with Crippen molar-refractivity contribution in [1.29, 1.82) is 5.26 Å². The van der Waals surface area contributed by atoms with Crippen molar-refractivity contribution in [2.24, 2.45) is 13.0 Å². The minimum Gasteiger partial charge on any atom is -0.502 e. The van der Waals surface area contributed by atoms with Gasteiger partial charge in [-0.1, -0.05) is 19.1 Å². The van der Waals surface area contributed by atoms with E-state index in [9.17, 15) is 15.2 Å². The number of aromatic hydroxyl groups is 1. The lowest BCUT2D eigenvalue weighted by Gasteiger charge is -2.18. The number of nitrogens with one attached hydrogen (secondary N) is 1. The van der Waals surface area contributed by atoms with Gasteiger partial charge in [0.1, 0.15) is 0 Å². The third kappa shape index (κ3) is 4.73. The SMILES string of the molecule is COc1cc(/C=C2\c3ccc(C#N)cc3C(CC(=O)NCc3cccn3C)C2C)cc(OC)c1O. The first-order valence-corrected chi connectivity index (χ1v) is 11.4. The van der Waals surface area contributed by atoms with E-state index >= 15 is 0 Å². The van der Waals surface area contributed by atoms with Gasteiger partial charge in [-0.3, -0.25) is 4.79 Å². The summed E-state index contributed by atoms with van der Waals surface area (Å²) in [6, 6.07) is 15.3. The lowest BCUT2D eigenvalue weighted by molar-refractivity contribution is -0.121. The number of nitriles is 1. The highest BCUT2D eigenvalue weighted by Gasteiger charge is 2.35. The normalized spacial score (nSPS) is 17.6. The van der Waals surface area contributed by atoms with Crippen LogP contribution in [0.25, 0.3) is 11.6 Å². The molecule has 7 nitrogen and oxygen atoms in total. The van der Waals surface area contributed by atoms with Gasteiger partial charge < -0.3 is 24.5 Å². The van der Waals surface area contributed by atoms with Gasteiger partial charge in [-0.05, 0) is 70.5 Å². The van der Waals surface area contributed by atoms with Crippen molar-refractivity contribution < 1.29 is 19.4 Å². The van der Waals surface area contributed by atoms with E-state index in [2.05, 4.69) is 18.3 Å². The number of methoxy groups -OCH3 is 2. The molecule has 1 heterocycles. The molecule has 35 heavy (non-hydrogen) atoms. The summed E-state index contributed by atoms with van der Waals surface area (Å²) < 4.78 is 12.6. The molecule has 4 rings (SSSR count). The number of hydrogen-bond donors (Lipinski definition) is 2. The zero-order valence-electron chi connectivity index (χ0n) is 20.3. The molecule has 0 aliphatic heterocycles. The number of hydrogen-bond acceptors (Lipinski definition) is 5. The van der Waals surface area contributed by atoms with Crippen LogP contribution in [0.2, 0.25) is 0 Å². The van der Waals surface area contributed by atoms with E-state index in [-0.39, 0.29) is 23.5 Å². The Bertz CT molecular complexity index is 1310. The summed E-state index contributed by atoms with van der Waals surface area (Å²) in [6.45, 7) is 2.56. The van der Waals surface area contributed by atoms with Crippen molar-refractivity contribution in [3.63, 3.8) is 0 Å². The van der Waals surface area contributed by atoms with Crippen LogP contribution in [0.1, 0.15) is 47.2 Å². The number of phenols is 1. The number of carbonyl (C=O) groups excluding carboxylic acids is 1. The average Bonchev–Trinajstić information content (AvgIpc) is 3.39. The van der Waals surface area contributed by atoms with Crippen LogP contribution in [0.15, 0.2) is 48.7 Å². The number of phenolic OH excluding ortho intramolecular Hbond substituents is 1. The third-order valence-corrected chi connectivity index (χ3v) is 6.73. The van der Waals surface area contributed by atoms with Crippen molar-refractivity contribution in [2.45, 2.75) is 25.8 Å². The third-order valence-electron chi connectivity index (χ3n) is 6.73. The Balaban J connectivity index is 1.66. The Hall–Kier alpha value is -4.18. The van der Waals surface area contributed by atoms with Crippen molar-refractivity contribution in [2.75, 3.05) is 14.2 Å². The minimum absolute atomic E-state index is 0.0329. The molecule has 0 fully saturated rings. The fraction of sp³-hybridized carbons (Fsp3) is 0.286. The molecule has 2 N–H and O–H groups in total. The van der Waals surface area contributed by atoms with Crippen LogP contribution >= 0.6 is 0 Å². The molecule has 0 spiro atoms. The van der Waals surface area contributed by atoms with E-state index in [4.69, 9.17) is 9.47 Å². The number of benzene rings is 2. The first kappa shape index (κ1) is 24.0. The molecule has 2 unspecified atom stereocenters. The van der Waals surface area contributed by atoms with Gasteiger partial charge in [-0.25, -0.2) is 0 Å². The van der Waals surface area contributed by atoms with Crippen molar-refractivity contribution in [3.8, 4) is 23.3 Å². The molecular weight excluding hydrogens is 442 g/mol. The zero-order chi connectivity index (χ0) is 25.1. The molecule has 0 bridgehead atoms. The van der Waals surface area contributed by atoms with Gasteiger partial charge in [-0.15, -0.1) is 0 Å². The predicted octanol–water partition coefficient (Wildman–Crippen LogP) is 4.60. The summed E-state index contributed by atoms with van der Waals surface area (Å²) in [4.78, 5) is 12.9. The first-order chi connectivity index (χ1) is 16.9. The second-order valence-electron chi connectivity index (χ2n) is 8.77. The number of allylic oxidation sites excluding steroid dienone is 1. The monoisotopic (exact) mass is 471 g/mol. The van der Waals surface area contributed by atoms with Gasteiger partial charge >= 0.3 is 0 Å². The van der Waals surface area contributed by atoms with E-state index in [0.717, 1.165) is 28.0 Å². The highest BCUT2D eigenvalue weighted by Crippen LogP contribution is 2.49. The van der Waals surface area contributed by atoms with Crippen LogP contribution in [-0.2, 0) is 18.4 Å². The molecule has 2 aromatic carbocycles. The molecule has 1 amide bonds. The summed E-state index contributed by atoms with van der Waals surface area (Å²) in [5.41, 5.74) is 5.47. The molecule has 1 aromatic heterocycles. The van der Waals surface area contributed by atoms with Gasteiger partial charge in [0.2, 0.25) is 11.7 Å². The molecule has 0 saturated carbocycles. The van der Waals surface area contributed by atoms with Crippen LogP contribution in [0, 0.1) is 17.2 Å². The molecule has 2 atom stereocenters. The maximum absolute atomic E-state index is 12.9. The lowest BCUT2D eigenvalue weighted by Crippen LogP contribution is -2.26. The quantitative estimate of drug-likeness (QED) is 0.525. The smallest absolute Gasteiger partial charge is 0.220 e. The van der Waals surface area contributed by atoms with Gasteiger partial charge in [0.15, 0.2) is 11.5 Å². The summed E-state index contributed by atoms with van der Waals surface area (Å²) in [5.74, 6) is 0.510. The number of ether oxygens (including phenoxy) is 2. The summed E-state index contributed by atoms with van der Waals surface area (Å²) in [6.07, 6.45) is 4.29. The van der Waals surface area contributed by atoms with Gasteiger partial charge in [0.05, 0.1) is 32.4 Å². The van der Waals surface area contributed by atoms with E-state index in [0.29, 0.717) is 30.0 Å².